The number of hydrogen-bond acceptors (Lipinski definition) is 2. The number of halogens is 3. The van der Waals surface area contributed by atoms with Crippen molar-refractivity contribution in [1.29, 1.82) is 0 Å². The van der Waals surface area contributed by atoms with E-state index in [1.807, 2.05) is 6.07 Å². The van der Waals surface area contributed by atoms with Crippen LogP contribution in [-0.2, 0) is 0 Å². The molecule has 2 heterocycles. The molecular formula is C12H6BrClFN3. The summed E-state index contributed by atoms with van der Waals surface area (Å²) in [5.74, 6) is 0.0189. The van der Waals surface area contributed by atoms with E-state index in [0.717, 1.165) is 9.99 Å². The van der Waals surface area contributed by atoms with Crippen LogP contribution in [0.25, 0.3) is 22.6 Å². The number of H-pyrrole nitrogens is 1. The van der Waals surface area contributed by atoms with E-state index in [4.69, 9.17) is 11.6 Å². The molecule has 0 aliphatic rings. The smallest absolute Gasteiger partial charge is 0.178 e. The molecule has 0 aliphatic heterocycles. The summed E-state index contributed by atoms with van der Waals surface area (Å²) >= 11 is 9.03. The molecule has 0 bridgehead atoms. The minimum Gasteiger partial charge on any atom is -0.336 e. The van der Waals surface area contributed by atoms with E-state index in [1.165, 1.54) is 6.07 Å². The number of rotatable bonds is 1. The molecule has 6 heteroatoms. The van der Waals surface area contributed by atoms with Crippen LogP contribution >= 0.6 is 27.5 Å². The van der Waals surface area contributed by atoms with Crippen molar-refractivity contribution >= 4 is 38.7 Å². The van der Waals surface area contributed by atoms with Crippen molar-refractivity contribution in [3.63, 3.8) is 0 Å². The van der Waals surface area contributed by atoms with E-state index in [-0.39, 0.29) is 0 Å². The quantitative estimate of drug-likeness (QED) is 0.729. The molecule has 0 unspecified atom stereocenters. The van der Waals surface area contributed by atoms with Crippen LogP contribution in [0.2, 0.25) is 5.02 Å². The van der Waals surface area contributed by atoms with Crippen LogP contribution in [-0.4, -0.2) is 15.0 Å². The molecule has 0 saturated heterocycles. The summed E-state index contributed by atoms with van der Waals surface area (Å²) in [4.78, 5) is 11.4. The lowest BCUT2D eigenvalue weighted by atomic mass is 10.2. The number of imidazole rings is 1. The third-order valence-electron chi connectivity index (χ3n) is 2.49. The van der Waals surface area contributed by atoms with Crippen molar-refractivity contribution in [2.24, 2.45) is 0 Å². The van der Waals surface area contributed by atoms with Crippen molar-refractivity contribution in [3.8, 4) is 11.4 Å². The molecule has 1 aromatic carbocycles. The predicted octanol–water partition coefficient (Wildman–Crippen LogP) is 4.18. The van der Waals surface area contributed by atoms with Crippen LogP contribution < -0.4 is 0 Å². The average molecular weight is 327 g/mol. The Morgan fingerprint density at radius 1 is 1.28 bits per heavy atom. The van der Waals surface area contributed by atoms with E-state index >= 15 is 0 Å². The highest BCUT2D eigenvalue weighted by Crippen LogP contribution is 2.25. The predicted molar refractivity (Wildman–Crippen MR) is 72.0 cm³/mol. The molecule has 18 heavy (non-hydrogen) atoms. The minimum atomic E-state index is -0.416. The van der Waals surface area contributed by atoms with Gasteiger partial charge in [-0.15, -0.1) is 0 Å². The lowest BCUT2D eigenvalue weighted by Crippen LogP contribution is -1.86. The number of benzene rings is 1. The van der Waals surface area contributed by atoms with Gasteiger partial charge in [0.05, 0.1) is 11.1 Å². The van der Waals surface area contributed by atoms with Crippen LogP contribution in [0.5, 0.6) is 0 Å². The van der Waals surface area contributed by atoms with Gasteiger partial charge in [0, 0.05) is 15.7 Å². The maximum absolute atomic E-state index is 13.8. The van der Waals surface area contributed by atoms with Gasteiger partial charge in [0.2, 0.25) is 0 Å². The first-order valence-corrected chi connectivity index (χ1v) is 6.27. The van der Waals surface area contributed by atoms with E-state index < -0.39 is 5.82 Å². The number of nitrogens with zero attached hydrogens (tertiary/aromatic N) is 2. The molecule has 2 aromatic heterocycles. The molecule has 90 valence electrons. The average Bonchev–Trinajstić information content (AvgIpc) is 2.71. The highest BCUT2D eigenvalue weighted by atomic mass is 79.9. The molecule has 0 radical (unpaired) electrons. The van der Waals surface area contributed by atoms with Crippen LogP contribution in [0.15, 0.2) is 34.9 Å². The van der Waals surface area contributed by atoms with Crippen LogP contribution in [0, 0.1) is 5.82 Å². The Bertz CT molecular complexity index is 741. The van der Waals surface area contributed by atoms with E-state index in [1.54, 1.807) is 18.3 Å². The van der Waals surface area contributed by atoms with Crippen LogP contribution in [0.4, 0.5) is 4.39 Å². The molecule has 0 aliphatic carbocycles. The Kier molecular flexibility index (Phi) is 2.80. The maximum atomic E-state index is 13.8. The van der Waals surface area contributed by atoms with Gasteiger partial charge in [-0.2, -0.15) is 0 Å². The first kappa shape index (κ1) is 11.6. The van der Waals surface area contributed by atoms with Gasteiger partial charge in [0.15, 0.2) is 5.65 Å². The zero-order chi connectivity index (χ0) is 12.7. The molecule has 0 fully saturated rings. The minimum absolute atomic E-state index is 0.355. The Hall–Kier alpha value is -1.46. The number of hydrogen-bond donors (Lipinski definition) is 1. The number of pyridine rings is 1. The van der Waals surface area contributed by atoms with Crippen LogP contribution in [0.3, 0.4) is 0 Å². The van der Waals surface area contributed by atoms with Gasteiger partial charge in [0.25, 0.3) is 0 Å². The molecule has 3 rings (SSSR count). The Labute approximate surface area is 115 Å². The monoisotopic (exact) mass is 325 g/mol. The van der Waals surface area contributed by atoms with Gasteiger partial charge >= 0.3 is 0 Å². The number of aromatic amines is 1. The van der Waals surface area contributed by atoms with Gasteiger partial charge in [-0.1, -0.05) is 11.6 Å². The van der Waals surface area contributed by atoms with Gasteiger partial charge in [-0.05, 0) is 40.2 Å². The fraction of sp³-hybridized carbons (Fsp3) is 0. The molecule has 3 aromatic rings. The second-order valence-electron chi connectivity index (χ2n) is 3.73. The first-order chi connectivity index (χ1) is 8.63. The lowest BCUT2D eigenvalue weighted by Gasteiger charge is -1.98. The molecule has 0 atom stereocenters. The summed E-state index contributed by atoms with van der Waals surface area (Å²) in [6.45, 7) is 0. The Morgan fingerprint density at radius 2 is 2.11 bits per heavy atom. The number of nitrogens with one attached hydrogen (secondary N) is 1. The summed E-state index contributed by atoms with van der Waals surface area (Å²) in [7, 11) is 0. The standard InChI is InChI=1S/C12H6BrClFN3/c13-6-3-10-12(16-5-6)18-11(17-10)8-2-1-7(14)4-9(8)15/h1-5H,(H,16,17,18). The van der Waals surface area contributed by atoms with Crippen molar-refractivity contribution in [2.75, 3.05) is 0 Å². The van der Waals surface area contributed by atoms with E-state index in [9.17, 15) is 4.39 Å². The molecule has 3 nitrogen and oxygen atoms in total. The van der Waals surface area contributed by atoms with Gasteiger partial charge in [0.1, 0.15) is 11.6 Å². The van der Waals surface area contributed by atoms with Crippen molar-refractivity contribution in [3.05, 3.63) is 45.8 Å². The van der Waals surface area contributed by atoms with Gasteiger partial charge in [-0.25, -0.2) is 14.4 Å². The summed E-state index contributed by atoms with van der Waals surface area (Å²) in [5, 5.41) is 0.355. The van der Waals surface area contributed by atoms with Crippen LogP contribution in [0.1, 0.15) is 0 Å². The SMILES string of the molecule is Fc1cc(Cl)ccc1-c1nc2ncc(Br)cc2[nH]1. The number of aromatic nitrogens is 3. The summed E-state index contributed by atoms with van der Waals surface area (Å²) in [5.41, 5.74) is 1.66. The molecule has 0 amide bonds. The maximum Gasteiger partial charge on any atom is 0.178 e. The largest absolute Gasteiger partial charge is 0.336 e. The zero-order valence-electron chi connectivity index (χ0n) is 8.92. The van der Waals surface area contributed by atoms with Gasteiger partial charge in [-0.3, -0.25) is 0 Å². The third-order valence-corrected chi connectivity index (χ3v) is 3.16. The molecule has 0 saturated carbocycles. The van der Waals surface area contributed by atoms with Crippen molar-refractivity contribution in [2.45, 2.75) is 0 Å². The summed E-state index contributed by atoms with van der Waals surface area (Å²) in [6.07, 6.45) is 1.64. The second-order valence-corrected chi connectivity index (χ2v) is 5.09. The Balaban J connectivity index is 2.19. The molecule has 1 N–H and O–H groups in total. The highest BCUT2D eigenvalue weighted by molar-refractivity contribution is 9.10. The summed E-state index contributed by atoms with van der Waals surface area (Å²) < 4.78 is 14.6. The normalized spacial score (nSPS) is 11.1. The lowest BCUT2D eigenvalue weighted by molar-refractivity contribution is 0.630. The van der Waals surface area contributed by atoms with Crippen molar-refractivity contribution < 1.29 is 4.39 Å². The first-order valence-electron chi connectivity index (χ1n) is 5.10. The fourth-order valence-corrected chi connectivity index (χ4v) is 2.17. The summed E-state index contributed by atoms with van der Waals surface area (Å²) in [6, 6.07) is 6.31. The zero-order valence-corrected chi connectivity index (χ0v) is 11.3. The topological polar surface area (TPSA) is 41.6 Å². The van der Waals surface area contributed by atoms with Crippen molar-refractivity contribution in [1.82, 2.24) is 15.0 Å². The van der Waals surface area contributed by atoms with Gasteiger partial charge < -0.3 is 4.98 Å². The second kappa shape index (κ2) is 4.33. The fourth-order valence-electron chi connectivity index (χ4n) is 1.68. The molecular weight excluding hydrogens is 321 g/mol. The molecule has 0 spiro atoms. The third kappa shape index (κ3) is 2.00. The van der Waals surface area contributed by atoms with E-state index in [2.05, 4.69) is 30.9 Å². The Morgan fingerprint density at radius 3 is 2.89 bits per heavy atom. The van der Waals surface area contributed by atoms with E-state index in [0.29, 0.717) is 22.1 Å². The number of fused-ring (bicyclic) bond motifs is 1. The highest BCUT2D eigenvalue weighted by Gasteiger charge is 2.11.